The summed E-state index contributed by atoms with van der Waals surface area (Å²) in [7, 11) is 2.40. The minimum Gasteiger partial charge on any atom is -0.394 e. The van der Waals surface area contributed by atoms with Gasteiger partial charge in [-0.3, -0.25) is 4.79 Å². The monoisotopic (exact) mass is 458 g/mol. The number of rotatable bonds is 8. The van der Waals surface area contributed by atoms with Gasteiger partial charge < -0.3 is 49.6 Å². The summed E-state index contributed by atoms with van der Waals surface area (Å²) >= 11 is 3.83. The van der Waals surface area contributed by atoms with Crippen molar-refractivity contribution in [2.24, 2.45) is 0 Å². The molecular formula is C12H27O12PS2. The molecule has 0 spiro atoms. The highest BCUT2D eigenvalue weighted by Crippen LogP contribution is 2.60. The summed E-state index contributed by atoms with van der Waals surface area (Å²) in [6.45, 7) is -1.41. The van der Waals surface area contributed by atoms with E-state index in [-0.39, 0.29) is 6.29 Å². The Labute approximate surface area is 165 Å². The number of aliphatic hydroxyl groups excluding tert-OH is 5. The van der Waals surface area contributed by atoms with Crippen molar-refractivity contribution >= 4 is 41.5 Å². The van der Waals surface area contributed by atoms with Crippen LogP contribution in [-0.4, -0.2) is 97.5 Å². The summed E-state index contributed by atoms with van der Waals surface area (Å²) in [5, 5.41) is 59.7. The molecule has 0 aliphatic rings. The van der Waals surface area contributed by atoms with Gasteiger partial charge in [0.1, 0.15) is 24.4 Å². The van der Waals surface area contributed by atoms with Crippen LogP contribution in [0.2, 0.25) is 0 Å². The van der Waals surface area contributed by atoms with Gasteiger partial charge in [0.25, 0.3) is 4.45 Å². The quantitative estimate of drug-likeness (QED) is 0.0901. The second kappa shape index (κ2) is 15.8. The lowest BCUT2D eigenvalue weighted by Gasteiger charge is -2.22. The van der Waals surface area contributed by atoms with Crippen molar-refractivity contribution < 1.29 is 58.9 Å². The van der Waals surface area contributed by atoms with Crippen LogP contribution in [0.3, 0.4) is 0 Å². The van der Waals surface area contributed by atoms with Crippen molar-refractivity contribution in [2.45, 2.75) is 44.1 Å². The third kappa shape index (κ3) is 20.5. The van der Waals surface area contributed by atoms with Crippen molar-refractivity contribution in [3.8, 4) is 0 Å². The summed E-state index contributed by atoms with van der Waals surface area (Å²) in [4.78, 5) is 20.2. The Morgan fingerprint density at radius 2 is 1.52 bits per heavy atom. The molecule has 7 N–H and O–H groups in total. The molecule has 0 aromatic rings. The minimum atomic E-state index is -3.25. The van der Waals surface area contributed by atoms with Crippen LogP contribution in [0.1, 0.15) is 13.8 Å². The van der Waals surface area contributed by atoms with Crippen LogP contribution in [0, 0.1) is 0 Å². The standard InChI is InChI=1S/C6H12O6.C3H7O4PS2.C3H8O2/c7-1-3(9)5(11)6(12)4(10)2-8;1-6-8(5,7-2)10-3(4)9;1-3(2,4)5/h1,3-6,8-12H,2H2;1-2H3,(H,4,9);4-5H,1-2H3. The van der Waals surface area contributed by atoms with E-state index in [4.69, 9.17) is 35.7 Å². The Kier molecular flexibility index (Phi) is 18.5. The van der Waals surface area contributed by atoms with E-state index in [9.17, 15) is 14.2 Å². The molecule has 0 fully saturated rings. The molecule has 0 amide bonds. The van der Waals surface area contributed by atoms with Gasteiger partial charge in [-0.1, -0.05) is 12.6 Å². The van der Waals surface area contributed by atoms with E-state index in [2.05, 4.69) is 21.7 Å². The fourth-order valence-corrected chi connectivity index (χ4v) is 3.27. The highest BCUT2D eigenvalue weighted by molar-refractivity contribution is 8.67. The first-order valence-electron chi connectivity index (χ1n) is 6.95. The van der Waals surface area contributed by atoms with Crippen LogP contribution in [0.15, 0.2) is 0 Å². The van der Waals surface area contributed by atoms with Crippen LogP contribution in [0.25, 0.3) is 0 Å². The van der Waals surface area contributed by atoms with E-state index in [1.54, 1.807) is 0 Å². The Hall–Kier alpha value is -0.0900. The molecule has 0 rings (SSSR count). The van der Waals surface area contributed by atoms with E-state index < -0.39 is 48.1 Å². The van der Waals surface area contributed by atoms with E-state index >= 15 is 0 Å². The maximum atomic E-state index is 11.0. The Balaban J connectivity index is -0.000000347. The van der Waals surface area contributed by atoms with Crippen LogP contribution < -0.4 is 0 Å². The van der Waals surface area contributed by atoms with Crippen LogP contribution in [0.4, 0.5) is 4.79 Å². The topological polar surface area (TPSA) is 211 Å². The molecule has 0 bridgehead atoms. The number of carbonyl (C=O) groups excluding carboxylic acids is 2. The fraction of sp³-hybridized carbons (Fsp3) is 0.833. The minimum absolute atomic E-state index is 0.0258. The maximum Gasteiger partial charge on any atom is 0.396 e. The highest BCUT2D eigenvalue weighted by atomic mass is 32.7. The van der Waals surface area contributed by atoms with Gasteiger partial charge in [-0.25, -0.2) is 4.57 Å². The first-order valence-corrected chi connectivity index (χ1v) is 10.4. The third-order valence-corrected chi connectivity index (χ3v) is 6.10. The number of thiol groups is 1. The number of aldehydes is 1. The van der Waals surface area contributed by atoms with Crippen LogP contribution >= 0.6 is 30.8 Å². The lowest BCUT2D eigenvalue weighted by molar-refractivity contribution is -0.136. The van der Waals surface area contributed by atoms with Gasteiger partial charge in [-0.15, -0.1) is 0 Å². The molecule has 0 saturated carbocycles. The van der Waals surface area contributed by atoms with E-state index in [0.717, 1.165) is 0 Å². The molecule has 27 heavy (non-hydrogen) atoms. The lowest BCUT2D eigenvalue weighted by atomic mass is 10.0. The van der Waals surface area contributed by atoms with E-state index in [1.807, 2.05) is 0 Å². The molecule has 4 unspecified atom stereocenters. The van der Waals surface area contributed by atoms with E-state index in [0.29, 0.717) is 11.4 Å². The van der Waals surface area contributed by atoms with Crippen LogP contribution in [-0.2, 0) is 18.4 Å². The summed E-state index contributed by atoms with van der Waals surface area (Å²) in [6, 6.07) is 0. The zero-order valence-corrected chi connectivity index (χ0v) is 17.7. The summed E-state index contributed by atoms with van der Waals surface area (Å²) in [5.74, 6) is -1.50. The zero-order chi connectivity index (χ0) is 22.4. The van der Waals surface area contributed by atoms with Crippen molar-refractivity contribution in [1.82, 2.24) is 0 Å². The molecule has 164 valence electrons. The Morgan fingerprint density at radius 3 is 1.70 bits per heavy atom. The third-order valence-electron chi connectivity index (χ3n) is 2.06. The average Bonchev–Trinajstić information content (AvgIpc) is 2.57. The molecule has 0 radical (unpaired) electrons. The molecular weight excluding hydrogens is 431 g/mol. The van der Waals surface area contributed by atoms with Crippen molar-refractivity contribution in [3.63, 3.8) is 0 Å². The summed E-state index contributed by atoms with van der Waals surface area (Å²) < 4.78 is 19.3. The van der Waals surface area contributed by atoms with Gasteiger partial charge >= 0.3 is 6.80 Å². The predicted molar refractivity (Wildman–Crippen MR) is 99.3 cm³/mol. The molecule has 0 aliphatic heterocycles. The van der Waals surface area contributed by atoms with Gasteiger partial charge in [0, 0.05) is 25.6 Å². The van der Waals surface area contributed by atoms with Crippen molar-refractivity contribution in [1.29, 1.82) is 0 Å². The molecule has 4 atom stereocenters. The second-order valence-corrected chi connectivity index (χ2v) is 9.80. The summed E-state index contributed by atoms with van der Waals surface area (Å²) in [5.41, 5.74) is 0. The van der Waals surface area contributed by atoms with Crippen molar-refractivity contribution in [2.75, 3.05) is 20.8 Å². The van der Waals surface area contributed by atoms with Crippen LogP contribution in [0.5, 0.6) is 0 Å². The Morgan fingerprint density at radius 1 is 1.15 bits per heavy atom. The average molecular weight is 458 g/mol. The van der Waals surface area contributed by atoms with E-state index in [1.165, 1.54) is 28.1 Å². The summed E-state index contributed by atoms with van der Waals surface area (Å²) in [6.07, 6.45) is -6.84. The molecule has 0 saturated heterocycles. The normalized spacial score (nSPS) is 15.9. The van der Waals surface area contributed by atoms with Gasteiger partial charge in [0.05, 0.1) is 6.61 Å². The van der Waals surface area contributed by atoms with Gasteiger partial charge in [0.2, 0.25) is 0 Å². The first-order chi connectivity index (χ1) is 12.1. The number of aliphatic hydroxyl groups is 7. The highest BCUT2D eigenvalue weighted by Gasteiger charge is 2.29. The molecule has 15 heteroatoms. The molecule has 0 aromatic carbocycles. The fourth-order valence-electron chi connectivity index (χ4n) is 0.863. The van der Waals surface area contributed by atoms with Gasteiger partial charge in [-0.05, 0) is 13.8 Å². The maximum absolute atomic E-state index is 11.0. The SMILES string of the molecule is CC(C)(O)O.COP(=O)(OC)SC(=O)S.O=CC(O)C(O)C(O)C(O)CO. The molecule has 0 heterocycles. The number of hydrogen-bond donors (Lipinski definition) is 8. The molecule has 0 aliphatic carbocycles. The van der Waals surface area contributed by atoms with Crippen molar-refractivity contribution in [3.05, 3.63) is 0 Å². The number of hydrogen-bond acceptors (Lipinski definition) is 13. The predicted octanol–water partition coefficient (Wildman–Crippen LogP) is -1.50. The number of carbonyl (C=O) groups is 2. The lowest BCUT2D eigenvalue weighted by Crippen LogP contribution is -2.46. The van der Waals surface area contributed by atoms with Gasteiger partial charge in [0.15, 0.2) is 12.1 Å². The van der Waals surface area contributed by atoms with Gasteiger partial charge in [-0.2, -0.15) is 0 Å². The molecule has 12 nitrogen and oxygen atoms in total. The smallest absolute Gasteiger partial charge is 0.394 e. The largest absolute Gasteiger partial charge is 0.396 e. The Bertz CT molecular complexity index is 444. The molecule has 0 aromatic heterocycles. The second-order valence-electron chi connectivity index (χ2n) is 5.02. The first kappa shape index (κ1) is 31.6. The zero-order valence-electron chi connectivity index (χ0n) is 15.1.